The van der Waals surface area contributed by atoms with E-state index in [9.17, 15) is 4.79 Å². The summed E-state index contributed by atoms with van der Waals surface area (Å²) >= 11 is 0. The van der Waals surface area contributed by atoms with Gasteiger partial charge in [0, 0.05) is 25.4 Å². The third kappa shape index (κ3) is 2.45. The zero-order valence-corrected chi connectivity index (χ0v) is 11.8. The Morgan fingerprint density at radius 1 is 1.60 bits per heavy atom. The van der Waals surface area contributed by atoms with Crippen LogP contribution < -0.4 is 0 Å². The Kier molecular flexibility index (Phi) is 3.30. The van der Waals surface area contributed by atoms with Crippen molar-refractivity contribution < 1.29 is 4.79 Å². The number of aryl methyl sites for hydroxylation is 2. The van der Waals surface area contributed by atoms with Crippen LogP contribution in [0.2, 0.25) is 0 Å². The van der Waals surface area contributed by atoms with Crippen LogP contribution in [-0.4, -0.2) is 37.6 Å². The summed E-state index contributed by atoms with van der Waals surface area (Å²) in [6.07, 6.45) is 3.55. The van der Waals surface area contributed by atoms with Crippen LogP contribution >= 0.6 is 0 Å². The number of nitrogens with zero attached hydrogens (tertiary/aromatic N) is 4. The summed E-state index contributed by atoms with van der Waals surface area (Å²) in [6, 6.07) is 3.93. The Hall–Kier alpha value is -2.11. The first-order valence-electron chi connectivity index (χ1n) is 6.91. The van der Waals surface area contributed by atoms with E-state index in [4.69, 9.17) is 0 Å². The van der Waals surface area contributed by atoms with Gasteiger partial charge in [-0.25, -0.2) is 9.67 Å². The largest absolute Gasteiger partial charge is 0.364 e. The number of H-pyrrole nitrogens is 1. The fraction of sp³-hybridized carbons (Fsp3) is 0.500. The summed E-state index contributed by atoms with van der Waals surface area (Å²) in [5, 5.41) is 4.35. The number of aromatic nitrogens is 4. The Morgan fingerprint density at radius 2 is 2.45 bits per heavy atom. The number of carbonyl (C=O) groups is 1. The summed E-state index contributed by atoms with van der Waals surface area (Å²) in [5.74, 6) is 1.97. The maximum absolute atomic E-state index is 12.5. The van der Waals surface area contributed by atoms with Gasteiger partial charge in [-0.1, -0.05) is 0 Å². The highest BCUT2D eigenvalue weighted by Gasteiger charge is 2.28. The highest BCUT2D eigenvalue weighted by molar-refractivity contribution is 5.78. The average Bonchev–Trinajstić information content (AvgIpc) is 3.04. The van der Waals surface area contributed by atoms with Crippen LogP contribution in [0.1, 0.15) is 23.8 Å². The van der Waals surface area contributed by atoms with Gasteiger partial charge >= 0.3 is 0 Å². The summed E-state index contributed by atoms with van der Waals surface area (Å²) < 4.78 is 1.88. The minimum absolute atomic E-state index is 0.00330. The first kappa shape index (κ1) is 12.9. The highest BCUT2D eigenvalue weighted by atomic mass is 16.2. The van der Waals surface area contributed by atoms with Crippen LogP contribution in [0.3, 0.4) is 0 Å². The van der Waals surface area contributed by atoms with Gasteiger partial charge in [-0.05, 0) is 25.5 Å². The van der Waals surface area contributed by atoms with E-state index in [2.05, 4.69) is 15.1 Å². The second-order valence-electron chi connectivity index (χ2n) is 5.38. The molecule has 1 aliphatic rings. The Morgan fingerprint density at radius 3 is 3.20 bits per heavy atom. The number of aromatic amines is 1. The van der Waals surface area contributed by atoms with E-state index in [1.807, 2.05) is 37.0 Å². The molecule has 0 fully saturated rings. The summed E-state index contributed by atoms with van der Waals surface area (Å²) in [7, 11) is 1.85. The molecule has 1 aliphatic heterocycles. The molecule has 1 unspecified atom stereocenters. The minimum atomic E-state index is 0.00330. The fourth-order valence-corrected chi connectivity index (χ4v) is 2.75. The molecule has 3 heterocycles. The van der Waals surface area contributed by atoms with Gasteiger partial charge in [0.1, 0.15) is 11.6 Å². The van der Waals surface area contributed by atoms with Crippen molar-refractivity contribution >= 4 is 5.91 Å². The highest BCUT2D eigenvalue weighted by Crippen LogP contribution is 2.20. The number of hydrogen-bond donors (Lipinski definition) is 1. The van der Waals surface area contributed by atoms with Gasteiger partial charge in [0.25, 0.3) is 0 Å². The van der Waals surface area contributed by atoms with E-state index in [-0.39, 0.29) is 11.8 Å². The molecule has 1 atom stereocenters. The lowest BCUT2D eigenvalue weighted by Gasteiger charge is -2.26. The van der Waals surface area contributed by atoms with E-state index < -0.39 is 0 Å². The van der Waals surface area contributed by atoms with Crippen molar-refractivity contribution in [3.63, 3.8) is 0 Å². The molecule has 3 rings (SSSR count). The number of rotatable bonds is 3. The number of fused-ring (bicyclic) bond motifs is 1. The fourth-order valence-electron chi connectivity index (χ4n) is 2.75. The predicted molar refractivity (Wildman–Crippen MR) is 73.8 cm³/mol. The second-order valence-corrected chi connectivity index (χ2v) is 5.38. The number of hydrogen-bond acceptors (Lipinski definition) is 3. The molecule has 0 spiro atoms. The molecular weight excluding hydrogens is 254 g/mol. The van der Waals surface area contributed by atoms with Gasteiger partial charge in [-0.2, -0.15) is 5.10 Å². The minimum Gasteiger partial charge on any atom is -0.364 e. The van der Waals surface area contributed by atoms with E-state index in [1.54, 1.807) is 4.90 Å². The smallest absolute Gasteiger partial charge is 0.227 e. The van der Waals surface area contributed by atoms with Crippen LogP contribution in [0.15, 0.2) is 18.3 Å². The molecule has 1 amide bonds. The molecule has 2 aromatic rings. The normalized spacial score (nSPS) is 17.8. The van der Waals surface area contributed by atoms with Gasteiger partial charge in [-0.3, -0.25) is 4.79 Å². The third-order valence-electron chi connectivity index (χ3n) is 3.76. The quantitative estimate of drug-likeness (QED) is 0.911. The lowest BCUT2D eigenvalue weighted by molar-refractivity contribution is -0.135. The Balaban J connectivity index is 1.66. The lowest BCUT2D eigenvalue weighted by Crippen LogP contribution is -2.37. The molecule has 6 nitrogen and oxygen atoms in total. The molecule has 0 radical (unpaired) electrons. The molecule has 0 aliphatic carbocycles. The van der Waals surface area contributed by atoms with Crippen LogP contribution in [0.5, 0.6) is 0 Å². The van der Waals surface area contributed by atoms with E-state index >= 15 is 0 Å². The zero-order valence-electron chi connectivity index (χ0n) is 11.8. The van der Waals surface area contributed by atoms with Gasteiger partial charge in [0.05, 0.1) is 19.0 Å². The van der Waals surface area contributed by atoms with Crippen molar-refractivity contribution in [1.82, 2.24) is 24.6 Å². The molecule has 20 heavy (non-hydrogen) atoms. The van der Waals surface area contributed by atoms with Crippen LogP contribution in [0.4, 0.5) is 0 Å². The van der Waals surface area contributed by atoms with Gasteiger partial charge in [-0.15, -0.1) is 0 Å². The number of carbonyl (C=O) groups excluding carboxylic acids is 1. The predicted octanol–water partition coefficient (Wildman–Crippen LogP) is 1.14. The molecule has 6 heteroatoms. The first-order chi connectivity index (χ1) is 9.63. The molecule has 0 saturated heterocycles. The van der Waals surface area contributed by atoms with Gasteiger partial charge < -0.3 is 9.88 Å². The topological polar surface area (TPSA) is 66.8 Å². The second kappa shape index (κ2) is 5.11. The molecular formula is C14H19N5O. The molecule has 1 N–H and O–H groups in total. The summed E-state index contributed by atoms with van der Waals surface area (Å²) in [5.41, 5.74) is 1.05. The third-order valence-corrected chi connectivity index (χ3v) is 3.76. The van der Waals surface area contributed by atoms with Crippen molar-refractivity contribution in [2.45, 2.75) is 32.9 Å². The van der Waals surface area contributed by atoms with E-state index in [0.717, 1.165) is 30.2 Å². The number of nitrogens with one attached hydrogen (secondary N) is 1. The molecule has 2 aromatic heterocycles. The van der Waals surface area contributed by atoms with Crippen molar-refractivity contribution in [2.75, 3.05) is 7.05 Å². The standard InChI is InChI=1S/C14H19N5O/c1-10-16-13-6-5-11(8-19(13)17-10)14(20)18(2)9-12-4-3-7-15-12/h3-4,7,11,15H,5-6,8-9H2,1-2H3. The molecule has 0 aromatic carbocycles. The van der Waals surface area contributed by atoms with Crippen LogP contribution in [0, 0.1) is 12.8 Å². The molecule has 0 bridgehead atoms. The maximum atomic E-state index is 12.5. The summed E-state index contributed by atoms with van der Waals surface area (Å²) in [4.78, 5) is 21.8. The molecule has 106 valence electrons. The van der Waals surface area contributed by atoms with Crippen molar-refractivity contribution in [2.24, 2.45) is 5.92 Å². The van der Waals surface area contributed by atoms with Crippen molar-refractivity contribution in [1.29, 1.82) is 0 Å². The zero-order chi connectivity index (χ0) is 14.1. The number of amides is 1. The van der Waals surface area contributed by atoms with Gasteiger partial charge in [0.2, 0.25) is 5.91 Å². The van der Waals surface area contributed by atoms with Crippen LogP contribution in [0.25, 0.3) is 0 Å². The van der Waals surface area contributed by atoms with E-state index in [1.165, 1.54) is 0 Å². The van der Waals surface area contributed by atoms with Gasteiger partial charge in [0.15, 0.2) is 0 Å². The van der Waals surface area contributed by atoms with Crippen LogP contribution in [-0.2, 0) is 24.3 Å². The summed E-state index contributed by atoms with van der Waals surface area (Å²) in [6.45, 7) is 3.15. The van der Waals surface area contributed by atoms with Crippen molar-refractivity contribution in [3.8, 4) is 0 Å². The Bertz CT molecular complexity index is 601. The van der Waals surface area contributed by atoms with E-state index in [0.29, 0.717) is 13.1 Å². The average molecular weight is 273 g/mol. The maximum Gasteiger partial charge on any atom is 0.227 e. The lowest BCUT2D eigenvalue weighted by atomic mass is 9.98. The molecule has 0 saturated carbocycles. The Labute approximate surface area is 117 Å². The SMILES string of the molecule is Cc1nc2n(n1)CC(C(=O)N(C)Cc1ccc[nH]1)CC2. The monoisotopic (exact) mass is 273 g/mol. The first-order valence-corrected chi connectivity index (χ1v) is 6.91. The van der Waals surface area contributed by atoms with Crippen molar-refractivity contribution in [3.05, 3.63) is 35.7 Å².